The quantitative estimate of drug-likeness (QED) is 0.289. The van der Waals surface area contributed by atoms with Crippen molar-refractivity contribution in [3.05, 3.63) is 77.0 Å². The zero-order valence-corrected chi connectivity index (χ0v) is 14.6. The maximum atomic E-state index is 13.0. The fraction of sp³-hybridized carbons (Fsp3) is 0.176. The molecule has 25 heavy (non-hydrogen) atoms. The van der Waals surface area contributed by atoms with Crippen LogP contribution in [0.4, 0.5) is 5.69 Å². The zero-order valence-electron chi connectivity index (χ0n) is 13.7. The third kappa shape index (κ3) is 5.17. The topological polar surface area (TPSA) is 87.9 Å². The van der Waals surface area contributed by atoms with E-state index in [1.165, 1.54) is 24.3 Å². The standard InChI is InChI=1S/C17H18NO6P/c1-3-23-25(21,17-11-9-15(10-12-17)18(19)20)24-14(2)13-22-16-7-5-4-6-8-16/h4-12H,2-3,13H2,1H3. The van der Waals surface area contributed by atoms with E-state index in [1.54, 1.807) is 19.1 Å². The normalized spacial score (nSPS) is 12.8. The lowest BCUT2D eigenvalue weighted by molar-refractivity contribution is -0.384. The van der Waals surface area contributed by atoms with Crippen molar-refractivity contribution in [2.75, 3.05) is 13.2 Å². The highest BCUT2D eigenvalue weighted by Gasteiger charge is 2.30. The Morgan fingerprint density at radius 2 is 1.80 bits per heavy atom. The number of hydrogen-bond donors (Lipinski definition) is 0. The van der Waals surface area contributed by atoms with Gasteiger partial charge in [0, 0.05) is 12.1 Å². The Hall–Kier alpha value is -2.63. The minimum atomic E-state index is -3.70. The second-order valence-electron chi connectivity index (χ2n) is 4.92. The Morgan fingerprint density at radius 1 is 1.16 bits per heavy atom. The minimum absolute atomic E-state index is 0.00589. The number of non-ortho nitro benzene ring substituents is 1. The molecule has 0 bridgehead atoms. The molecule has 0 aliphatic rings. The lowest BCUT2D eigenvalue weighted by Gasteiger charge is -2.20. The molecule has 0 aliphatic heterocycles. The van der Waals surface area contributed by atoms with Crippen LogP contribution in [0.25, 0.3) is 0 Å². The van der Waals surface area contributed by atoms with E-state index in [0.717, 1.165) is 0 Å². The third-order valence-electron chi connectivity index (χ3n) is 3.07. The van der Waals surface area contributed by atoms with Crippen LogP contribution in [0.2, 0.25) is 0 Å². The number of benzene rings is 2. The highest BCUT2D eigenvalue weighted by Crippen LogP contribution is 2.48. The third-order valence-corrected chi connectivity index (χ3v) is 5.10. The first kappa shape index (κ1) is 18.7. The first-order valence-electron chi connectivity index (χ1n) is 7.49. The summed E-state index contributed by atoms with van der Waals surface area (Å²) in [5.74, 6) is 0.743. The lowest BCUT2D eigenvalue weighted by Crippen LogP contribution is -2.12. The van der Waals surface area contributed by atoms with E-state index in [2.05, 4.69) is 6.58 Å². The van der Waals surface area contributed by atoms with Gasteiger partial charge in [0.25, 0.3) is 5.69 Å². The van der Waals surface area contributed by atoms with Crippen LogP contribution in [0, 0.1) is 10.1 Å². The molecular formula is C17H18NO6P. The maximum Gasteiger partial charge on any atom is 0.410 e. The molecule has 1 unspecified atom stereocenters. The molecule has 0 saturated heterocycles. The summed E-state index contributed by atoms with van der Waals surface area (Å²) in [6.45, 7) is 5.51. The Labute approximate surface area is 145 Å². The number of hydrogen-bond acceptors (Lipinski definition) is 6. The van der Waals surface area contributed by atoms with Gasteiger partial charge in [0.15, 0.2) is 0 Å². The van der Waals surface area contributed by atoms with Gasteiger partial charge in [0.1, 0.15) is 18.1 Å². The fourth-order valence-corrected chi connectivity index (χ4v) is 3.51. The molecule has 0 N–H and O–H groups in total. The van der Waals surface area contributed by atoms with Crippen molar-refractivity contribution >= 4 is 18.6 Å². The van der Waals surface area contributed by atoms with E-state index >= 15 is 0 Å². The molecule has 7 nitrogen and oxygen atoms in total. The first-order valence-corrected chi connectivity index (χ1v) is 9.03. The molecule has 0 aromatic heterocycles. The number of nitro groups is 1. The highest BCUT2D eigenvalue weighted by molar-refractivity contribution is 7.62. The summed E-state index contributed by atoms with van der Waals surface area (Å²) in [6.07, 6.45) is 0. The molecule has 0 radical (unpaired) electrons. The van der Waals surface area contributed by atoms with Gasteiger partial charge in [-0.25, -0.2) is 4.57 Å². The van der Waals surface area contributed by atoms with E-state index in [-0.39, 0.29) is 30.0 Å². The molecule has 1 atom stereocenters. The first-order chi connectivity index (χ1) is 11.9. The SMILES string of the molecule is C=C(COc1ccccc1)OP(=O)(OCC)c1ccc([N+](=O)[O-])cc1. The number of nitrogens with zero attached hydrogens (tertiary/aromatic N) is 1. The minimum Gasteiger partial charge on any atom is -0.486 e. The fourth-order valence-electron chi connectivity index (χ4n) is 1.96. The Balaban J connectivity index is 2.08. The zero-order chi connectivity index (χ0) is 18.3. The summed E-state index contributed by atoms with van der Waals surface area (Å²) in [5, 5.41) is 10.9. The lowest BCUT2D eigenvalue weighted by atomic mass is 10.3. The monoisotopic (exact) mass is 363 g/mol. The molecule has 0 spiro atoms. The average molecular weight is 363 g/mol. The predicted molar refractivity (Wildman–Crippen MR) is 94.1 cm³/mol. The highest BCUT2D eigenvalue weighted by atomic mass is 31.2. The smallest absolute Gasteiger partial charge is 0.410 e. The Kier molecular flexibility index (Phi) is 6.33. The summed E-state index contributed by atoms with van der Waals surface area (Å²) in [6, 6.07) is 14.2. The largest absolute Gasteiger partial charge is 0.486 e. The molecule has 8 heteroatoms. The van der Waals surface area contributed by atoms with Gasteiger partial charge in [-0.05, 0) is 31.2 Å². The molecule has 0 heterocycles. The summed E-state index contributed by atoms with van der Waals surface area (Å²) < 4.78 is 29.2. The van der Waals surface area contributed by atoms with Gasteiger partial charge < -0.3 is 9.26 Å². The second-order valence-corrected chi connectivity index (χ2v) is 6.87. The van der Waals surface area contributed by atoms with Crippen molar-refractivity contribution in [2.24, 2.45) is 0 Å². The van der Waals surface area contributed by atoms with Gasteiger partial charge in [0.2, 0.25) is 0 Å². The van der Waals surface area contributed by atoms with Gasteiger partial charge in [-0.1, -0.05) is 24.8 Å². The van der Waals surface area contributed by atoms with Crippen LogP contribution in [0.3, 0.4) is 0 Å². The van der Waals surface area contributed by atoms with E-state index < -0.39 is 12.5 Å². The molecule has 2 aromatic rings. The number of para-hydroxylation sites is 1. The van der Waals surface area contributed by atoms with Gasteiger partial charge >= 0.3 is 7.60 Å². The van der Waals surface area contributed by atoms with Crippen molar-refractivity contribution in [2.45, 2.75) is 6.92 Å². The molecule has 0 amide bonds. The van der Waals surface area contributed by atoms with Crippen molar-refractivity contribution in [1.82, 2.24) is 0 Å². The average Bonchev–Trinajstić information content (AvgIpc) is 2.61. The molecule has 2 aromatic carbocycles. The number of rotatable bonds is 9. The van der Waals surface area contributed by atoms with Crippen LogP contribution in [-0.2, 0) is 13.6 Å². The number of ether oxygens (including phenoxy) is 1. The van der Waals surface area contributed by atoms with E-state index in [9.17, 15) is 14.7 Å². The van der Waals surface area contributed by atoms with Crippen LogP contribution in [-0.4, -0.2) is 18.1 Å². The van der Waals surface area contributed by atoms with E-state index in [0.29, 0.717) is 5.75 Å². The molecule has 0 aliphatic carbocycles. The summed E-state index contributed by atoms with van der Waals surface area (Å²) in [4.78, 5) is 10.2. The second kappa shape index (κ2) is 8.46. The van der Waals surface area contributed by atoms with Gasteiger partial charge in [-0.15, -0.1) is 0 Å². The molecule has 0 saturated carbocycles. The van der Waals surface area contributed by atoms with Gasteiger partial charge in [-0.3, -0.25) is 14.6 Å². The van der Waals surface area contributed by atoms with Crippen molar-refractivity contribution in [3.63, 3.8) is 0 Å². The van der Waals surface area contributed by atoms with Crippen molar-refractivity contribution < 1.29 is 23.3 Å². The van der Waals surface area contributed by atoms with Crippen LogP contribution >= 0.6 is 7.60 Å². The predicted octanol–water partition coefficient (Wildman–Crippen LogP) is 4.06. The molecule has 0 fully saturated rings. The molecule has 2 rings (SSSR count). The number of nitro benzene ring substituents is 1. The van der Waals surface area contributed by atoms with Gasteiger partial charge in [0.05, 0.1) is 16.8 Å². The summed E-state index contributed by atoms with van der Waals surface area (Å²) >= 11 is 0. The van der Waals surface area contributed by atoms with Crippen LogP contribution in [0.15, 0.2) is 66.9 Å². The maximum absolute atomic E-state index is 13.0. The molecule has 132 valence electrons. The Morgan fingerprint density at radius 3 is 2.36 bits per heavy atom. The van der Waals surface area contributed by atoms with Gasteiger partial charge in [-0.2, -0.15) is 0 Å². The van der Waals surface area contributed by atoms with Crippen LogP contribution < -0.4 is 10.0 Å². The van der Waals surface area contributed by atoms with Crippen LogP contribution in [0.1, 0.15) is 6.92 Å². The summed E-state index contributed by atoms with van der Waals surface area (Å²) in [5.41, 5.74) is -0.113. The van der Waals surface area contributed by atoms with Crippen LogP contribution in [0.5, 0.6) is 5.75 Å². The summed E-state index contributed by atoms with van der Waals surface area (Å²) in [7, 11) is -3.70. The van der Waals surface area contributed by atoms with E-state index in [4.69, 9.17) is 13.8 Å². The Bertz CT molecular complexity index is 775. The van der Waals surface area contributed by atoms with Crippen molar-refractivity contribution in [1.29, 1.82) is 0 Å². The van der Waals surface area contributed by atoms with E-state index in [1.807, 2.05) is 18.2 Å². The van der Waals surface area contributed by atoms with Crippen molar-refractivity contribution in [3.8, 4) is 5.75 Å². The molecular weight excluding hydrogens is 345 g/mol.